The monoisotopic (exact) mass is 396 g/mol. The normalized spacial score (nSPS) is 12.4. The zero-order valence-corrected chi connectivity index (χ0v) is 16.4. The number of hydrogen-bond acceptors (Lipinski definition) is 5. The number of methoxy groups -OCH3 is 2. The number of para-hydroxylation sites is 2. The molecule has 0 bridgehead atoms. The summed E-state index contributed by atoms with van der Waals surface area (Å²) in [4.78, 5) is 17.3. The largest absolute Gasteiger partial charge is 0.493 e. The van der Waals surface area contributed by atoms with E-state index in [1.165, 1.54) is 7.11 Å². The Balaban J connectivity index is 1.56. The second-order valence-electron chi connectivity index (χ2n) is 6.12. The Morgan fingerprint density at radius 3 is 2.64 bits per heavy atom. The highest BCUT2D eigenvalue weighted by Gasteiger charge is 2.18. The maximum atomic E-state index is 12.6. The van der Waals surface area contributed by atoms with Crippen LogP contribution >= 0.6 is 11.8 Å². The van der Waals surface area contributed by atoms with Crippen LogP contribution in [0.15, 0.2) is 53.8 Å². The lowest BCUT2D eigenvalue weighted by molar-refractivity contribution is 0.262. The summed E-state index contributed by atoms with van der Waals surface area (Å²) < 4.78 is 12.8. The van der Waals surface area contributed by atoms with Gasteiger partial charge in [0.15, 0.2) is 16.7 Å². The van der Waals surface area contributed by atoms with Crippen molar-refractivity contribution in [1.29, 1.82) is 0 Å². The molecule has 2 heterocycles. The third-order valence-corrected chi connectivity index (χ3v) is 5.38. The maximum Gasteiger partial charge on any atom is 0.323 e. The maximum absolute atomic E-state index is 12.6. The van der Waals surface area contributed by atoms with Crippen molar-refractivity contribution in [2.75, 3.05) is 30.6 Å². The zero-order chi connectivity index (χ0) is 19.5. The number of fused-ring (bicyclic) bond motifs is 1. The molecule has 0 radical (unpaired) electrons. The summed E-state index contributed by atoms with van der Waals surface area (Å²) in [5.41, 5.74) is 2.92. The molecule has 0 unspecified atom stereocenters. The predicted octanol–water partition coefficient (Wildman–Crippen LogP) is 4.32. The van der Waals surface area contributed by atoms with Gasteiger partial charge in [-0.15, -0.1) is 0 Å². The van der Waals surface area contributed by atoms with E-state index in [4.69, 9.17) is 9.47 Å². The summed E-state index contributed by atoms with van der Waals surface area (Å²) in [5, 5.41) is 6.74. The van der Waals surface area contributed by atoms with E-state index in [1.807, 2.05) is 30.5 Å². The molecule has 0 fully saturated rings. The van der Waals surface area contributed by atoms with Gasteiger partial charge in [0, 0.05) is 24.1 Å². The van der Waals surface area contributed by atoms with Gasteiger partial charge in [-0.25, -0.2) is 9.78 Å². The van der Waals surface area contributed by atoms with Crippen LogP contribution in [0.2, 0.25) is 0 Å². The summed E-state index contributed by atoms with van der Waals surface area (Å²) in [5.74, 6) is 2.06. The van der Waals surface area contributed by atoms with Crippen LogP contribution in [0.1, 0.15) is 0 Å². The van der Waals surface area contributed by atoms with E-state index in [2.05, 4.69) is 20.2 Å². The van der Waals surface area contributed by atoms with Gasteiger partial charge >= 0.3 is 6.03 Å². The first kappa shape index (κ1) is 18.2. The third kappa shape index (κ3) is 3.50. The van der Waals surface area contributed by atoms with E-state index in [9.17, 15) is 4.79 Å². The van der Waals surface area contributed by atoms with E-state index >= 15 is 0 Å². The van der Waals surface area contributed by atoms with Crippen LogP contribution < -0.4 is 20.1 Å². The SMILES string of the molecule is COc1cccc(NC(=O)Nc2ccccc2-c2cn3c(n2)SCC3)c1OC. The van der Waals surface area contributed by atoms with E-state index in [-0.39, 0.29) is 6.03 Å². The van der Waals surface area contributed by atoms with E-state index in [0.717, 1.165) is 28.7 Å². The molecule has 0 saturated carbocycles. The Hall–Kier alpha value is -3.13. The number of carbonyl (C=O) groups is 1. The average Bonchev–Trinajstić information content (AvgIpc) is 3.30. The van der Waals surface area contributed by atoms with Gasteiger partial charge in [-0.1, -0.05) is 36.0 Å². The minimum atomic E-state index is -0.375. The van der Waals surface area contributed by atoms with Crippen LogP contribution in [0.25, 0.3) is 11.3 Å². The Bertz CT molecular complexity index is 997. The van der Waals surface area contributed by atoms with Gasteiger partial charge in [0.1, 0.15) is 0 Å². The molecule has 7 nitrogen and oxygen atoms in total. The number of anilines is 2. The molecule has 144 valence electrons. The molecule has 1 aromatic heterocycles. The topological polar surface area (TPSA) is 77.4 Å². The number of hydrogen-bond donors (Lipinski definition) is 2. The molecule has 4 rings (SSSR count). The number of ether oxygens (including phenoxy) is 2. The van der Waals surface area contributed by atoms with Gasteiger partial charge in [-0.05, 0) is 18.2 Å². The summed E-state index contributed by atoms with van der Waals surface area (Å²) in [6.07, 6.45) is 2.03. The lowest BCUT2D eigenvalue weighted by Gasteiger charge is -2.15. The van der Waals surface area contributed by atoms with Gasteiger partial charge in [0.05, 0.1) is 31.3 Å². The second-order valence-corrected chi connectivity index (χ2v) is 7.18. The molecule has 28 heavy (non-hydrogen) atoms. The smallest absolute Gasteiger partial charge is 0.323 e. The van der Waals surface area contributed by atoms with E-state index < -0.39 is 0 Å². The summed E-state index contributed by atoms with van der Waals surface area (Å²) in [6.45, 7) is 0.957. The van der Waals surface area contributed by atoms with Crippen LogP contribution in [0.3, 0.4) is 0 Å². The number of rotatable bonds is 5. The molecule has 2 N–H and O–H groups in total. The number of thioether (sulfide) groups is 1. The second kappa shape index (κ2) is 7.85. The Morgan fingerprint density at radius 1 is 1.07 bits per heavy atom. The number of amides is 2. The fourth-order valence-electron chi connectivity index (χ4n) is 3.12. The molecule has 0 saturated heterocycles. The van der Waals surface area contributed by atoms with Crippen molar-refractivity contribution in [3.05, 3.63) is 48.7 Å². The first-order valence-corrected chi connectivity index (χ1v) is 9.76. The fourth-order valence-corrected chi connectivity index (χ4v) is 4.06. The van der Waals surface area contributed by atoms with Crippen molar-refractivity contribution in [3.8, 4) is 22.8 Å². The molecule has 2 aromatic carbocycles. The number of benzene rings is 2. The molecule has 0 aliphatic carbocycles. The molecule has 3 aromatic rings. The molecular formula is C20H20N4O3S. The number of nitrogens with one attached hydrogen (secondary N) is 2. The third-order valence-electron chi connectivity index (χ3n) is 4.41. The average molecular weight is 396 g/mol. The van der Waals surface area contributed by atoms with E-state index in [1.54, 1.807) is 37.1 Å². The van der Waals surface area contributed by atoms with E-state index in [0.29, 0.717) is 22.9 Å². The van der Waals surface area contributed by atoms with Crippen molar-refractivity contribution in [2.24, 2.45) is 0 Å². The first-order chi connectivity index (χ1) is 13.7. The summed E-state index contributed by atoms with van der Waals surface area (Å²) >= 11 is 1.74. The minimum Gasteiger partial charge on any atom is -0.493 e. The molecule has 1 aliphatic rings. The Morgan fingerprint density at radius 2 is 1.86 bits per heavy atom. The molecule has 0 spiro atoms. The number of carbonyl (C=O) groups excluding carboxylic acids is 1. The lowest BCUT2D eigenvalue weighted by atomic mass is 10.1. The molecule has 1 aliphatic heterocycles. The molecule has 8 heteroatoms. The summed E-state index contributed by atoms with van der Waals surface area (Å²) in [7, 11) is 3.09. The number of urea groups is 1. The highest BCUT2D eigenvalue weighted by molar-refractivity contribution is 7.99. The van der Waals surface area contributed by atoms with Crippen LogP contribution in [0.4, 0.5) is 16.2 Å². The molecular weight excluding hydrogens is 376 g/mol. The Labute approximate surface area is 167 Å². The van der Waals surface area contributed by atoms with Crippen LogP contribution in [-0.4, -0.2) is 35.6 Å². The predicted molar refractivity (Wildman–Crippen MR) is 111 cm³/mol. The van der Waals surface area contributed by atoms with Gasteiger partial charge < -0.3 is 24.7 Å². The zero-order valence-electron chi connectivity index (χ0n) is 15.6. The molecule has 0 atom stereocenters. The Kier molecular flexibility index (Phi) is 5.12. The van der Waals surface area contributed by atoms with Crippen molar-refractivity contribution in [1.82, 2.24) is 9.55 Å². The number of nitrogens with zero attached hydrogens (tertiary/aromatic N) is 2. The van der Waals surface area contributed by atoms with Gasteiger partial charge in [0.2, 0.25) is 0 Å². The molecule has 2 amide bonds. The quantitative estimate of drug-likeness (QED) is 0.672. The lowest BCUT2D eigenvalue weighted by Crippen LogP contribution is -2.20. The minimum absolute atomic E-state index is 0.375. The van der Waals surface area contributed by atoms with Crippen molar-refractivity contribution < 1.29 is 14.3 Å². The van der Waals surface area contributed by atoms with Gasteiger partial charge in [-0.2, -0.15) is 0 Å². The summed E-state index contributed by atoms with van der Waals surface area (Å²) in [6, 6.07) is 12.6. The fraction of sp³-hybridized carbons (Fsp3) is 0.200. The standard InChI is InChI=1S/C20H20N4O3S/c1-26-17-9-5-8-15(18(17)27-2)22-19(25)21-14-7-4-3-6-13(14)16-12-24-10-11-28-20(24)23-16/h3-9,12H,10-11H2,1-2H3,(H2,21,22,25). The van der Waals surface area contributed by atoms with Gasteiger partial charge in [-0.3, -0.25) is 0 Å². The first-order valence-electron chi connectivity index (χ1n) is 8.78. The van der Waals surface area contributed by atoms with Crippen LogP contribution in [0.5, 0.6) is 11.5 Å². The van der Waals surface area contributed by atoms with Crippen molar-refractivity contribution in [2.45, 2.75) is 11.7 Å². The highest BCUT2D eigenvalue weighted by Crippen LogP contribution is 2.35. The number of imidazole rings is 1. The van der Waals surface area contributed by atoms with Crippen molar-refractivity contribution >= 4 is 29.2 Å². The number of aromatic nitrogens is 2. The van der Waals surface area contributed by atoms with Crippen LogP contribution in [-0.2, 0) is 6.54 Å². The number of aryl methyl sites for hydroxylation is 1. The highest BCUT2D eigenvalue weighted by atomic mass is 32.2. The van der Waals surface area contributed by atoms with Crippen LogP contribution in [0, 0.1) is 0 Å². The van der Waals surface area contributed by atoms with Gasteiger partial charge in [0.25, 0.3) is 0 Å². The van der Waals surface area contributed by atoms with Crippen molar-refractivity contribution in [3.63, 3.8) is 0 Å².